The van der Waals surface area contributed by atoms with Gasteiger partial charge in [0.15, 0.2) is 6.61 Å². The average Bonchev–Trinajstić information content (AvgIpc) is 3.23. The van der Waals surface area contributed by atoms with E-state index in [0.29, 0.717) is 12.1 Å². The molecular formula is C20H17ClFNO4. The molecular weight excluding hydrogens is 373 g/mol. The van der Waals surface area contributed by atoms with Gasteiger partial charge in [-0.05, 0) is 50.2 Å². The number of hydrogen-bond acceptors (Lipinski definition) is 4. The molecule has 0 saturated carbocycles. The van der Waals surface area contributed by atoms with Crippen LogP contribution in [-0.4, -0.2) is 22.9 Å². The Labute approximate surface area is 160 Å². The van der Waals surface area contributed by atoms with Crippen molar-refractivity contribution in [2.45, 2.75) is 20.4 Å². The van der Waals surface area contributed by atoms with Crippen LogP contribution in [0.2, 0.25) is 5.02 Å². The second-order valence-corrected chi connectivity index (χ2v) is 6.48. The summed E-state index contributed by atoms with van der Waals surface area (Å²) < 4.78 is 25.4. The van der Waals surface area contributed by atoms with Crippen LogP contribution in [0.25, 0.3) is 0 Å². The van der Waals surface area contributed by atoms with Crippen molar-refractivity contribution >= 4 is 23.4 Å². The Morgan fingerprint density at radius 2 is 1.96 bits per heavy atom. The number of carbonyl (C=O) groups is 2. The molecule has 140 valence electrons. The quantitative estimate of drug-likeness (QED) is 0.457. The maximum absolute atomic E-state index is 13.1. The number of nitrogens with zero attached hydrogens (tertiary/aromatic N) is 1. The van der Waals surface area contributed by atoms with Crippen LogP contribution in [0.3, 0.4) is 0 Å². The molecule has 2 aromatic heterocycles. The van der Waals surface area contributed by atoms with E-state index in [2.05, 4.69) is 0 Å². The van der Waals surface area contributed by atoms with Gasteiger partial charge >= 0.3 is 5.97 Å². The fourth-order valence-corrected chi connectivity index (χ4v) is 3.07. The third kappa shape index (κ3) is 4.11. The first-order chi connectivity index (χ1) is 12.9. The molecule has 27 heavy (non-hydrogen) atoms. The predicted octanol–water partition coefficient (Wildman–Crippen LogP) is 4.58. The lowest BCUT2D eigenvalue weighted by atomic mass is 10.1. The normalized spacial score (nSPS) is 10.8. The number of ketones is 1. The lowest BCUT2D eigenvalue weighted by Gasteiger charge is -2.08. The summed E-state index contributed by atoms with van der Waals surface area (Å²) in [6.07, 6.45) is 1.59. The summed E-state index contributed by atoms with van der Waals surface area (Å²) in [4.78, 5) is 24.6. The molecule has 0 atom stereocenters. The Morgan fingerprint density at radius 3 is 2.63 bits per heavy atom. The standard InChI is InChI=1S/C20H17ClFNO4/c1-12-8-17(13(2)23(12)10-15-4-3-7-26-15)19(24)11-27-20(25)16-6-5-14(22)9-18(16)21/h3-9H,10-11H2,1-2H3. The van der Waals surface area contributed by atoms with Crippen molar-refractivity contribution in [1.82, 2.24) is 4.57 Å². The van der Waals surface area contributed by atoms with E-state index < -0.39 is 18.4 Å². The zero-order chi connectivity index (χ0) is 19.6. The highest BCUT2D eigenvalue weighted by Gasteiger charge is 2.19. The first-order valence-electron chi connectivity index (χ1n) is 8.21. The molecule has 0 radical (unpaired) electrons. The van der Waals surface area contributed by atoms with Crippen LogP contribution >= 0.6 is 11.6 Å². The number of ether oxygens (including phenoxy) is 1. The van der Waals surface area contributed by atoms with Gasteiger partial charge in [-0.1, -0.05) is 11.6 Å². The monoisotopic (exact) mass is 389 g/mol. The predicted molar refractivity (Wildman–Crippen MR) is 97.7 cm³/mol. The summed E-state index contributed by atoms with van der Waals surface area (Å²) in [6.45, 7) is 3.78. The fraction of sp³-hybridized carbons (Fsp3) is 0.200. The molecule has 0 saturated heterocycles. The number of hydrogen-bond donors (Lipinski definition) is 0. The Kier molecular flexibility index (Phi) is 5.46. The Hall–Kier alpha value is -2.86. The zero-order valence-electron chi connectivity index (χ0n) is 14.8. The van der Waals surface area contributed by atoms with Crippen molar-refractivity contribution < 1.29 is 23.1 Å². The highest BCUT2D eigenvalue weighted by atomic mass is 35.5. The highest BCUT2D eigenvalue weighted by molar-refractivity contribution is 6.33. The van der Waals surface area contributed by atoms with Gasteiger partial charge in [-0.2, -0.15) is 0 Å². The van der Waals surface area contributed by atoms with E-state index in [-0.39, 0.29) is 16.4 Å². The van der Waals surface area contributed by atoms with Crippen molar-refractivity contribution in [2.24, 2.45) is 0 Å². The van der Waals surface area contributed by atoms with Gasteiger partial charge in [-0.3, -0.25) is 4.79 Å². The van der Waals surface area contributed by atoms with E-state index in [9.17, 15) is 14.0 Å². The Morgan fingerprint density at radius 1 is 1.19 bits per heavy atom. The minimum Gasteiger partial charge on any atom is -0.467 e. The maximum atomic E-state index is 13.1. The lowest BCUT2D eigenvalue weighted by Crippen LogP contribution is -2.15. The smallest absolute Gasteiger partial charge is 0.340 e. The first-order valence-corrected chi connectivity index (χ1v) is 8.59. The van der Waals surface area contributed by atoms with E-state index in [0.717, 1.165) is 29.3 Å². The number of furan rings is 1. The zero-order valence-corrected chi connectivity index (χ0v) is 15.5. The molecule has 2 heterocycles. The van der Waals surface area contributed by atoms with Crippen molar-refractivity contribution in [3.8, 4) is 0 Å². The van der Waals surface area contributed by atoms with Crippen molar-refractivity contribution in [2.75, 3.05) is 6.61 Å². The lowest BCUT2D eigenvalue weighted by molar-refractivity contribution is 0.0474. The number of halogens is 2. The van der Waals surface area contributed by atoms with Crippen LogP contribution in [0, 0.1) is 19.7 Å². The number of esters is 1. The van der Waals surface area contributed by atoms with E-state index >= 15 is 0 Å². The molecule has 3 rings (SSSR count). The molecule has 0 aliphatic rings. The van der Waals surface area contributed by atoms with Gasteiger partial charge in [-0.25, -0.2) is 9.18 Å². The molecule has 0 spiro atoms. The summed E-state index contributed by atoms with van der Waals surface area (Å²) in [6, 6.07) is 8.75. The van der Waals surface area contributed by atoms with Crippen molar-refractivity contribution in [3.05, 3.63) is 81.8 Å². The van der Waals surface area contributed by atoms with Gasteiger partial charge < -0.3 is 13.7 Å². The van der Waals surface area contributed by atoms with Gasteiger partial charge in [0.05, 0.1) is 23.4 Å². The first kappa shape index (κ1) is 18.9. The van der Waals surface area contributed by atoms with Gasteiger partial charge in [0, 0.05) is 17.0 Å². The third-order valence-corrected chi connectivity index (χ3v) is 4.57. The summed E-state index contributed by atoms with van der Waals surface area (Å²) >= 11 is 5.84. The molecule has 0 N–H and O–H groups in total. The molecule has 0 fully saturated rings. The molecule has 0 unspecified atom stereocenters. The van der Waals surface area contributed by atoms with E-state index in [1.807, 2.05) is 24.5 Å². The number of Topliss-reactive ketones (excluding diaryl/α,β-unsaturated/α-hetero) is 1. The second-order valence-electron chi connectivity index (χ2n) is 6.07. The summed E-state index contributed by atoms with van der Waals surface area (Å²) in [5, 5.41) is -0.0657. The van der Waals surface area contributed by atoms with Crippen LogP contribution in [0.5, 0.6) is 0 Å². The minimum atomic E-state index is -0.780. The second kappa shape index (κ2) is 7.80. The van der Waals surface area contributed by atoms with Crippen LogP contribution in [-0.2, 0) is 11.3 Å². The molecule has 3 aromatic rings. The largest absolute Gasteiger partial charge is 0.467 e. The van der Waals surface area contributed by atoms with Crippen LogP contribution in [0.15, 0.2) is 47.1 Å². The molecule has 0 bridgehead atoms. The van der Waals surface area contributed by atoms with E-state index in [4.69, 9.17) is 20.8 Å². The van der Waals surface area contributed by atoms with Gasteiger partial charge in [0.2, 0.25) is 5.78 Å². The number of benzene rings is 1. The fourth-order valence-electron chi connectivity index (χ4n) is 2.83. The van der Waals surface area contributed by atoms with Crippen LogP contribution < -0.4 is 0 Å². The minimum absolute atomic E-state index is 0.00848. The molecule has 7 heteroatoms. The van der Waals surface area contributed by atoms with Crippen LogP contribution in [0.1, 0.15) is 37.9 Å². The highest BCUT2D eigenvalue weighted by Crippen LogP contribution is 2.20. The molecule has 0 amide bonds. The van der Waals surface area contributed by atoms with E-state index in [1.54, 1.807) is 18.4 Å². The Balaban J connectivity index is 1.70. The summed E-state index contributed by atoms with van der Waals surface area (Å²) in [7, 11) is 0. The van der Waals surface area contributed by atoms with E-state index in [1.165, 1.54) is 6.07 Å². The molecule has 5 nitrogen and oxygen atoms in total. The van der Waals surface area contributed by atoms with Crippen LogP contribution in [0.4, 0.5) is 4.39 Å². The summed E-state index contributed by atoms with van der Waals surface area (Å²) in [5.41, 5.74) is 2.12. The SMILES string of the molecule is Cc1cc(C(=O)COC(=O)c2ccc(F)cc2Cl)c(C)n1Cc1ccco1. The van der Waals surface area contributed by atoms with Gasteiger partial charge in [0.25, 0.3) is 0 Å². The van der Waals surface area contributed by atoms with Crippen molar-refractivity contribution in [3.63, 3.8) is 0 Å². The third-order valence-electron chi connectivity index (χ3n) is 4.25. The number of aromatic nitrogens is 1. The number of rotatable bonds is 6. The van der Waals surface area contributed by atoms with Gasteiger partial charge in [0.1, 0.15) is 11.6 Å². The van der Waals surface area contributed by atoms with Gasteiger partial charge in [-0.15, -0.1) is 0 Å². The maximum Gasteiger partial charge on any atom is 0.340 e. The Bertz CT molecular complexity index is 992. The topological polar surface area (TPSA) is 61.4 Å². The summed E-state index contributed by atoms with van der Waals surface area (Å²) in [5.74, 6) is -0.900. The molecule has 1 aromatic carbocycles. The van der Waals surface area contributed by atoms with Crippen molar-refractivity contribution in [1.29, 1.82) is 0 Å². The number of aryl methyl sites for hydroxylation is 1. The molecule has 0 aliphatic heterocycles. The molecule has 0 aliphatic carbocycles. The average molecular weight is 390 g/mol. The number of carbonyl (C=O) groups excluding carboxylic acids is 2.